The van der Waals surface area contributed by atoms with Gasteiger partial charge in [0.15, 0.2) is 0 Å². The van der Waals surface area contributed by atoms with Gasteiger partial charge in [0.25, 0.3) is 0 Å². The highest BCUT2D eigenvalue weighted by atomic mass is 32.2. The summed E-state index contributed by atoms with van der Waals surface area (Å²) < 4.78 is 36.1. The van der Waals surface area contributed by atoms with Gasteiger partial charge in [-0.15, -0.1) is 0 Å². The van der Waals surface area contributed by atoms with Gasteiger partial charge in [0, 0.05) is 6.54 Å². The van der Waals surface area contributed by atoms with E-state index in [4.69, 9.17) is 9.47 Å². The number of aryl methyl sites for hydroxylation is 1. The number of epoxide rings is 1. The van der Waals surface area contributed by atoms with Crippen molar-refractivity contribution in [3.63, 3.8) is 0 Å². The van der Waals surface area contributed by atoms with Crippen LogP contribution < -0.4 is 4.74 Å². The van der Waals surface area contributed by atoms with Crippen LogP contribution in [-0.4, -0.2) is 50.4 Å². The zero-order valence-corrected chi connectivity index (χ0v) is 11.8. The predicted molar refractivity (Wildman–Crippen MR) is 70.7 cm³/mol. The van der Waals surface area contributed by atoms with Gasteiger partial charge in [0.05, 0.1) is 19.4 Å². The molecule has 0 aliphatic carbocycles. The summed E-state index contributed by atoms with van der Waals surface area (Å²) in [6.45, 7) is 3.28. The summed E-state index contributed by atoms with van der Waals surface area (Å²) in [4.78, 5) is 0. The van der Waals surface area contributed by atoms with Crippen LogP contribution in [0.1, 0.15) is 5.56 Å². The van der Waals surface area contributed by atoms with Crippen LogP contribution in [0.2, 0.25) is 0 Å². The van der Waals surface area contributed by atoms with E-state index in [0.29, 0.717) is 19.7 Å². The topological polar surface area (TPSA) is 59.1 Å². The molecule has 0 bridgehead atoms. The second kappa shape index (κ2) is 4.19. The zero-order chi connectivity index (χ0) is 13.7. The van der Waals surface area contributed by atoms with Crippen molar-refractivity contribution in [2.45, 2.75) is 18.6 Å². The van der Waals surface area contributed by atoms with Gasteiger partial charge >= 0.3 is 0 Å². The fourth-order valence-corrected chi connectivity index (χ4v) is 3.28. The van der Waals surface area contributed by atoms with Crippen LogP contribution in [0.15, 0.2) is 24.3 Å². The van der Waals surface area contributed by atoms with E-state index in [9.17, 15) is 8.42 Å². The average molecular weight is 283 g/mol. The molecule has 0 unspecified atom stereocenters. The molecule has 0 aromatic heterocycles. The van der Waals surface area contributed by atoms with Crippen molar-refractivity contribution in [2.75, 3.05) is 26.0 Å². The molecule has 2 fully saturated rings. The summed E-state index contributed by atoms with van der Waals surface area (Å²) in [6.07, 6.45) is 0.988. The van der Waals surface area contributed by atoms with Gasteiger partial charge in [0.1, 0.15) is 17.5 Å². The van der Waals surface area contributed by atoms with Crippen LogP contribution >= 0.6 is 0 Å². The lowest BCUT2D eigenvalue weighted by atomic mass is 10.1. The molecule has 3 rings (SSSR count). The van der Waals surface area contributed by atoms with Gasteiger partial charge in [0.2, 0.25) is 10.0 Å². The fourth-order valence-electron chi connectivity index (χ4n) is 2.43. The Hall–Kier alpha value is -1.11. The first kappa shape index (κ1) is 12.9. The van der Waals surface area contributed by atoms with Gasteiger partial charge < -0.3 is 9.47 Å². The number of hydrogen-bond acceptors (Lipinski definition) is 4. The number of nitrogens with zero attached hydrogens (tertiary/aromatic N) is 1. The Morgan fingerprint density at radius 1 is 1.42 bits per heavy atom. The first-order chi connectivity index (χ1) is 8.91. The maximum absolute atomic E-state index is 11.6. The summed E-state index contributed by atoms with van der Waals surface area (Å²) in [5.74, 6) is 0.790. The van der Waals surface area contributed by atoms with E-state index in [1.54, 1.807) is 0 Å². The smallest absolute Gasteiger partial charge is 0.211 e. The van der Waals surface area contributed by atoms with Crippen LogP contribution in [-0.2, 0) is 14.8 Å². The molecule has 6 heteroatoms. The Morgan fingerprint density at radius 3 is 2.68 bits per heavy atom. The molecular weight excluding hydrogens is 266 g/mol. The molecule has 5 nitrogen and oxygen atoms in total. The zero-order valence-electron chi connectivity index (χ0n) is 11.0. The molecule has 2 atom stereocenters. The van der Waals surface area contributed by atoms with E-state index in [-0.39, 0.29) is 6.10 Å². The molecule has 2 saturated heterocycles. The van der Waals surface area contributed by atoms with Crippen molar-refractivity contribution in [1.29, 1.82) is 0 Å². The summed E-state index contributed by atoms with van der Waals surface area (Å²) in [5, 5.41) is 0. The van der Waals surface area contributed by atoms with Gasteiger partial charge in [-0.1, -0.05) is 18.2 Å². The van der Waals surface area contributed by atoms with E-state index in [1.165, 1.54) is 10.6 Å². The minimum absolute atomic E-state index is 0.233. The average Bonchev–Trinajstić information content (AvgIpc) is 2.99. The molecule has 0 amide bonds. The largest absolute Gasteiger partial charge is 0.486 e. The van der Waals surface area contributed by atoms with Gasteiger partial charge in [-0.2, -0.15) is 4.31 Å². The SMILES string of the molecule is Cc1ccccc1O[C@H]1CN(S(C)(=O)=O)C[C@]12CO2. The molecule has 1 spiro atoms. The maximum Gasteiger partial charge on any atom is 0.211 e. The molecule has 0 saturated carbocycles. The van der Waals surface area contributed by atoms with Crippen molar-refractivity contribution in [2.24, 2.45) is 0 Å². The van der Waals surface area contributed by atoms with Crippen LogP contribution in [0, 0.1) is 6.92 Å². The Labute approximate surface area is 113 Å². The van der Waals surface area contributed by atoms with Crippen LogP contribution in [0.4, 0.5) is 0 Å². The lowest BCUT2D eigenvalue weighted by molar-refractivity contribution is 0.135. The molecule has 0 N–H and O–H groups in total. The summed E-state index contributed by atoms with van der Waals surface area (Å²) in [7, 11) is -3.20. The predicted octanol–water partition coefficient (Wildman–Crippen LogP) is 0.787. The van der Waals surface area contributed by atoms with Crippen molar-refractivity contribution >= 4 is 10.0 Å². The quantitative estimate of drug-likeness (QED) is 0.769. The first-order valence-electron chi connectivity index (χ1n) is 6.22. The number of benzene rings is 1. The number of hydrogen-bond donors (Lipinski definition) is 0. The third kappa shape index (κ3) is 2.35. The second-order valence-electron chi connectivity index (χ2n) is 5.28. The third-order valence-corrected chi connectivity index (χ3v) is 4.96. The minimum atomic E-state index is -3.20. The molecule has 0 radical (unpaired) electrons. The van der Waals surface area contributed by atoms with E-state index in [0.717, 1.165) is 11.3 Å². The van der Waals surface area contributed by atoms with Crippen LogP contribution in [0.25, 0.3) is 0 Å². The Kier molecular flexibility index (Phi) is 2.85. The highest BCUT2D eigenvalue weighted by molar-refractivity contribution is 7.88. The van der Waals surface area contributed by atoms with Gasteiger partial charge in [-0.25, -0.2) is 8.42 Å². The molecule has 19 heavy (non-hydrogen) atoms. The normalized spacial score (nSPS) is 30.7. The van der Waals surface area contributed by atoms with E-state index in [2.05, 4.69) is 0 Å². The first-order valence-corrected chi connectivity index (χ1v) is 8.07. The number of rotatable bonds is 3. The molecule has 2 heterocycles. The van der Waals surface area contributed by atoms with Crippen LogP contribution in [0.3, 0.4) is 0 Å². The molecule has 1 aromatic rings. The maximum atomic E-state index is 11.6. The highest BCUT2D eigenvalue weighted by Crippen LogP contribution is 2.40. The summed E-state index contributed by atoms with van der Waals surface area (Å²) in [5.41, 5.74) is 0.599. The monoisotopic (exact) mass is 283 g/mol. The summed E-state index contributed by atoms with van der Waals surface area (Å²) >= 11 is 0. The molecular formula is C13H17NO4S. The highest BCUT2D eigenvalue weighted by Gasteiger charge is 2.60. The van der Waals surface area contributed by atoms with Crippen molar-refractivity contribution in [1.82, 2.24) is 4.31 Å². The minimum Gasteiger partial charge on any atom is -0.486 e. The lowest BCUT2D eigenvalue weighted by Gasteiger charge is -2.18. The van der Waals surface area contributed by atoms with E-state index >= 15 is 0 Å². The lowest BCUT2D eigenvalue weighted by Crippen LogP contribution is -2.33. The standard InChI is InChI=1S/C13H17NO4S/c1-10-5-3-4-6-11(10)18-12-7-14(19(2,15)16)8-13(12)9-17-13/h3-6,12H,7-9H2,1-2H3/t12-,13-/m0/s1. The van der Waals surface area contributed by atoms with Crippen LogP contribution in [0.5, 0.6) is 5.75 Å². The molecule has 1 aromatic carbocycles. The van der Waals surface area contributed by atoms with E-state index < -0.39 is 15.6 Å². The van der Waals surface area contributed by atoms with E-state index in [1.807, 2.05) is 31.2 Å². The second-order valence-corrected chi connectivity index (χ2v) is 7.26. The third-order valence-electron chi connectivity index (χ3n) is 3.75. The van der Waals surface area contributed by atoms with Gasteiger partial charge in [-0.3, -0.25) is 0 Å². The van der Waals surface area contributed by atoms with Crippen molar-refractivity contribution in [3.05, 3.63) is 29.8 Å². The molecule has 2 aliphatic rings. The van der Waals surface area contributed by atoms with Gasteiger partial charge in [-0.05, 0) is 18.6 Å². The number of ether oxygens (including phenoxy) is 2. The molecule has 2 aliphatic heterocycles. The Morgan fingerprint density at radius 2 is 2.11 bits per heavy atom. The Bertz CT molecular complexity index is 594. The fraction of sp³-hybridized carbons (Fsp3) is 0.538. The summed E-state index contributed by atoms with van der Waals surface area (Å²) in [6, 6.07) is 7.72. The number of para-hydroxylation sites is 1. The van der Waals surface area contributed by atoms with Crippen molar-refractivity contribution < 1.29 is 17.9 Å². The number of sulfonamides is 1. The molecule has 104 valence electrons. The van der Waals surface area contributed by atoms with Crippen molar-refractivity contribution in [3.8, 4) is 5.75 Å². The Balaban J connectivity index is 1.81.